The largest absolute Gasteiger partial charge is 0.493 e. The smallest absolute Gasteiger partial charge is 0.162 e. The van der Waals surface area contributed by atoms with E-state index in [1.807, 2.05) is 18.2 Å². The Kier molecular flexibility index (Phi) is 3.68. The number of benzene rings is 1. The Morgan fingerprint density at radius 2 is 1.56 bits per heavy atom. The molecule has 3 heteroatoms. The van der Waals surface area contributed by atoms with Gasteiger partial charge in [-0.2, -0.15) is 0 Å². The Labute approximate surface area is 98.0 Å². The van der Waals surface area contributed by atoms with E-state index in [9.17, 15) is 0 Å². The first kappa shape index (κ1) is 12.7. The van der Waals surface area contributed by atoms with Gasteiger partial charge in [-0.1, -0.05) is 0 Å². The van der Waals surface area contributed by atoms with Crippen LogP contribution in [0.1, 0.15) is 20.8 Å². The van der Waals surface area contributed by atoms with E-state index >= 15 is 0 Å². The molecule has 0 spiro atoms. The Morgan fingerprint density at radius 3 is 2.00 bits per heavy atom. The molecule has 0 radical (unpaired) electrons. The lowest BCUT2D eigenvalue weighted by Gasteiger charge is -2.34. The molecule has 0 aromatic heterocycles. The zero-order valence-corrected chi connectivity index (χ0v) is 11.0. The maximum atomic E-state index is 5.29. The van der Waals surface area contributed by atoms with E-state index in [1.54, 1.807) is 14.2 Å². The molecule has 0 saturated heterocycles. The zero-order chi connectivity index (χ0) is 12.3. The van der Waals surface area contributed by atoms with E-state index in [0.717, 1.165) is 17.2 Å². The fourth-order valence-corrected chi connectivity index (χ4v) is 1.42. The normalized spacial score (nSPS) is 11.1. The molecule has 0 atom stereocenters. The summed E-state index contributed by atoms with van der Waals surface area (Å²) in [6, 6.07) is 5.95. The van der Waals surface area contributed by atoms with Gasteiger partial charge in [-0.3, -0.25) is 0 Å². The van der Waals surface area contributed by atoms with Gasteiger partial charge < -0.3 is 14.4 Å². The Balaban J connectivity index is 3.08. The lowest BCUT2D eigenvalue weighted by atomic mass is 10.1. The third kappa shape index (κ3) is 2.60. The van der Waals surface area contributed by atoms with Gasteiger partial charge in [0.1, 0.15) is 0 Å². The molecule has 0 aliphatic rings. The summed E-state index contributed by atoms with van der Waals surface area (Å²) in [5.41, 5.74) is 1.20. The highest BCUT2D eigenvalue weighted by Gasteiger charge is 2.18. The van der Waals surface area contributed by atoms with E-state index in [0.29, 0.717) is 0 Å². The van der Waals surface area contributed by atoms with Gasteiger partial charge in [0.2, 0.25) is 0 Å². The van der Waals surface area contributed by atoms with Gasteiger partial charge in [0.25, 0.3) is 0 Å². The average Bonchev–Trinajstić information content (AvgIpc) is 2.25. The van der Waals surface area contributed by atoms with E-state index in [1.165, 1.54) is 0 Å². The number of methoxy groups -OCH3 is 2. The van der Waals surface area contributed by atoms with Crippen LogP contribution in [0.15, 0.2) is 18.2 Å². The van der Waals surface area contributed by atoms with Crippen LogP contribution in [0.4, 0.5) is 5.69 Å². The van der Waals surface area contributed by atoms with Gasteiger partial charge in [-0.25, -0.2) is 0 Å². The SMILES string of the molecule is COc1ccc(N(C)C(C)(C)C)cc1OC. The van der Waals surface area contributed by atoms with Crippen molar-refractivity contribution in [2.45, 2.75) is 26.3 Å². The van der Waals surface area contributed by atoms with Gasteiger partial charge in [0.15, 0.2) is 11.5 Å². The predicted octanol–water partition coefficient (Wildman–Crippen LogP) is 2.94. The summed E-state index contributed by atoms with van der Waals surface area (Å²) in [6.45, 7) is 6.51. The number of hydrogen-bond acceptors (Lipinski definition) is 3. The second-order valence-corrected chi connectivity index (χ2v) is 4.77. The van der Waals surface area contributed by atoms with E-state index in [2.05, 4.69) is 32.7 Å². The van der Waals surface area contributed by atoms with Crippen LogP contribution < -0.4 is 14.4 Å². The van der Waals surface area contributed by atoms with Crippen LogP contribution in [0.5, 0.6) is 11.5 Å². The monoisotopic (exact) mass is 223 g/mol. The molecule has 3 nitrogen and oxygen atoms in total. The van der Waals surface area contributed by atoms with Crippen molar-refractivity contribution in [3.8, 4) is 11.5 Å². The number of anilines is 1. The van der Waals surface area contributed by atoms with Crippen LogP contribution in [0.2, 0.25) is 0 Å². The molecule has 0 bridgehead atoms. The summed E-state index contributed by atoms with van der Waals surface area (Å²) in [6.07, 6.45) is 0. The Bertz CT molecular complexity index is 355. The highest BCUT2D eigenvalue weighted by Crippen LogP contribution is 2.33. The van der Waals surface area contributed by atoms with E-state index in [-0.39, 0.29) is 5.54 Å². The number of ether oxygens (including phenoxy) is 2. The first-order valence-electron chi connectivity index (χ1n) is 5.36. The minimum absolute atomic E-state index is 0.0829. The van der Waals surface area contributed by atoms with Crippen LogP contribution in [0, 0.1) is 0 Å². The first-order valence-corrected chi connectivity index (χ1v) is 5.36. The maximum Gasteiger partial charge on any atom is 0.162 e. The fraction of sp³-hybridized carbons (Fsp3) is 0.538. The lowest BCUT2D eigenvalue weighted by Crippen LogP contribution is -2.37. The van der Waals surface area contributed by atoms with Gasteiger partial charge in [-0.05, 0) is 32.9 Å². The highest BCUT2D eigenvalue weighted by atomic mass is 16.5. The third-order valence-corrected chi connectivity index (χ3v) is 2.76. The molecule has 0 aliphatic carbocycles. The molecular weight excluding hydrogens is 202 g/mol. The van der Waals surface area contributed by atoms with Gasteiger partial charge >= 0.3 is 0 Å². The molecule has 1 aromatic carbocycles. The molecule has 0 unspecified atom stereocenters. The molecule has 0 aliphatic heterocycles. The van der Waals surface area contributed by atoms with Crippen LogP contribution in [-0.4, -0.2) is 26.8 Å². The average molecular weight is 223 g/mol. The summed E-state index contributed by atoms with van der Waals surface area (Å²) in [7, 11) is 5.37. The molecule has 90 valence electrons. The molecule has 1 aromatic rings. The standard InChI is InChI=1S/C13H21NO2/c1-13(2,3)14(4)10-7-8-11(15-5)12(9-10)16-6/h7-9H,1-6H3. The van der Waals surface area contributed by atoms with Crippen molar-refractivity contribution < 1.29 is 9.47 Å². The van der Waals surface area contributed by atoms with Crippen molar-refractivity contribution in [1.29, 1.82) is 0 Å². The van der Waals surface area contributed by atoms with Crippen LogP contribution in [0.25, 0.3) is 0 Å². The quantitative estimate of drug-likeness (QED) is 0.786. The maximum absolute atomic E-state index is 5.29. The van der Waals surface area contributed by atoms with Crippen molar-refractivity contribution in [3.05, 3.63) is 18.2 Å². The molecule has 0 heterocycles. The molecule has 0 N–H and O–H groups in total. The second-order valence-electron chi connectivity index (χ2n) is 4.77. The van der Waals surface area contributed by atoms with Crippen LogP contribution in [0.3, 0.4) is 0 Å². The molecule has 0 amide bonds. The summed E-state index contributed by atoms with van der Waals surface area (Å²) in [5, 5.41) is 0. The van der Waals surface area contributed by atoms with Crippen molar-refractivity contribution in [3.63, 3.8) is 0 Å². The van der Waals surface area contributed by atoms with Crippen molar-refractivity contribution in [2.75, 3.05) is 26.2 Å². The topological polar surface area (TPSA) is 21.7 Å². The first-order chi connectivity index (χ1) is 7.40. The van der Waals surface area contributed by atoms with E-state index < -0.39 is 0 Å². The Morgan fingerprint density at radius 1 is 1.00 bits per heavy atom. The van der Waals surface area contributed by atoms with Crippen molar-refractivity contribution >= 4 is 5.69 Å². The number of rotatable bonds is 3. The van der Waals surface area contributed by atoms with Gasteiger partial charge in [-0.15, -0.1) is 0 Å². The third-order valence-electron chi connectivity index (χ3n) is 2.76. The molecule has 0 fully saturated rings. The Hall–Kier alpha value is -1.38. The number of hydrogen-bond donors (Lipinski definition) is 0. The van der Waals surface area contributed by atoms with E-state index in [4.69, 9.17) is 9.47 Å². The molecule has 1 rings (SSSR count). The summed E-state index contributed by atoms with van der Waals surface area (Å²) >= 11 is 0. The zero-order valence-electron chi connectivity index (χ0n) is 11.0. The molecule has 16 heavy (non-hydrogen) atoms. The van der Waals surface area contributed by atoms with Crippen molar-refractivity contribution in [2.24, 2.45) is 0 Å². The number of nitrogens with zero attached hydrogens (tertiary/aromatic N) is 1. The predicted molar refractivity (Wildman–Crippen MR) is 67.7 cm³/mol. The minimum atomic E-state index is 0.0829. The summed E-state index contributed by atoms with van der Waals surface area (Å²) in [5.74, 6) is 1.52. The van der Waals surface area contributed by atoms with Gasteiger partial charge in [0, 0.05) is 24.3 Å². The summed E-state index contributed by atoms with van der Waals surface area (Å²) < 4.78 is 10.5. The molecular formula is C13H21NO2. The summed E-state index contributed by atoms with van der Waals surface area (Å²) in [4.78, 5) is 2.20. The highest BCUT2D eigenvalue weighted by molar-refractivity contribution is 5.57. The van der Waals surface area contributed by atoms with Gasteiger partial charge in [0.05, 0.1) is 14.2 Å². The lowest BCUT2D eigenvalue weighted by molar-refractivity contribution is 0.355. The second kappa shape index (κ2) is 4.64. The minimum Gasteiger partial charge on any atom is -0.493 e. The molecule has 0 saturated carbocycles. The van der Waals surface area contributed by atoms with Crippen LogP contribution >= 0.6 is 0 Å². The van der Waals surface area contributed by atoms with Crippen molar-refractivity contribution in [1.82, 2.24) is 0 Å². The van der Waals surface area contributed by atoms with Crippen LogP contribution in [-0.2, 0) is 0 Å². The fourth-order valence-electron chi connectivity index (χ4n) is 1.42.